The fourth-order valence-electron chi connectivity index (χ4n) is 4.73. The zero-order chi connectivity index (χ0) is 18.2. The van der Waals surface area contributed by atoms with E-state index in [0.717, 1.165) is 50.5 Å². The molecule has 0 aromatic carbocycles. The average molecular weight is 378 g/mol. The van der Waals surface area contributed by atoms with Gasteiger partial charge in [-0.05, 0) is 50.2 Å². The van der Waals surface area contributed by atoms with Crippen LogP contribution in [0.4, 0.5) is 0 Å². The van der Waals surface area contributed by atoms with Gasteiger partial charge in [0.05, 0.1) is 11.2 Å². The molecular formula is C19H27N3O3S. The van der Waals surface area contributed by atoms with Crippen molar-refractivity contribution in [2.24, 2.45) is 5.41 Å². The van der Waals surface area contributed by atoms with Crippen molar-refractivity contribution >= 4 is 15.9 Å². The molecule has 1 amide bonds. The van der Waals surface area contributed by atoms with E-state index in [9.17, 15) is 13.2 Å². The number of hydrogen-bond donors (Lipinski definition) is 1. The Morgan fingerprint density at radius 1 is 1.27 bits per heavy atom. The summed E-state index contributed by atoms with van der Waals surface area (Å²) in [5, 5.41) is 3.11. The molecule has 7 heteroatoms. The Morgan fingerprint density at radius 2 is 2.12 bits per heavy atom. The third-order valence-corrected chi connectivity index (χ3v) is 8.12. The van der Waals surface area contributed by atoms with Crippen molar-refractivity contribution in [2.75, 3.05) is 12.3 Å². The quantitative estimate of drug-likeness (QED) is 0.850. The third-order valence-electron chi connectivity index (χ3n) is 6.20. The van der Waals surface area contributed by atoms with E-state index in [-0.39, 0.29) is 23.7 Å². The number of carbonyl (C=O) groups excluding carboxylic acids is 1. The summed E-state index contributed by atoms with van der Waals surface area (Å²) in [5.41, 5.74) is 0.553. The SMILES string of the molecule is O=C(NCCc1cccnc1)[C@@]12CCCC[C@H]1N(C1CC1)S(=O)(=O)CC2. The van der Waals surface area contributed by atoms with Crippen LogP contribution >= 0.6 is 0 Å². The highest BCUT2D eigenvalue weighted by atomic mass is 32.2. The second-order valence-electron chi connectivity index (χ2n) is 7.91. The number of aromatic nitrogens is 1. The minimum atomic E-state index is -3.22. The van der Waals surface area contributed by atoms with Gasteiger partial charge in [0.15, 0.2) is 0 Å². The fraction of sp³-hybridized carbons (Fsp3) is 0.684. The summed E-state index contributed by atoms with van der Waals surface area (Å²) in [6.45, 7) is 0.565. The molecule has 3 fully saturated rings. The molecule has 0 unspecified atom stereocenters. The Bertz CT molecular complexity index is 763. The second kappa shape index (κ2) is 6.93. The molecule has 0 spiro atoms. The van der Waals surface area contributed by atoms with Crippen molar-refractivity contribution in [1.82, 2.24) is 14.6 Å². The molecule has 6 nitrogen and oxygen atoms in total. The summed E-state index contributed by atoms with van der Waals surface area (Å²) in [6.07, 6.45) is 10.3. The fourth-order valence-corrected chi connectivity index (χ4v) is 6.92. The molecule has 3 aliphatic rings. The summed E-state index contributed by atoms with van der Waals surface area (Å²) >= 11 is 0. The molecule has 1 saturated heterocycles. The molecule has 0 radical (unpaired) electrons. The van der Waals surface area contributed by atoms with E-state index in [1.54, 1.807) is 10.5 Å². The summed E-state index contributed by atoms with van der Waals surface area (Å²) in [4.78, 5) is 17.3. The van der Waals surface area contributed by atoms with Crippen LogP contribution in [0.2, 0.25) is 0 Å². The molecule has 2 atom stereocenters. The van der Waals surface area contributed by atoms with Crippen LogP contribution in [0.1, 0.15) is 50.5 Å². The van der Waals surface area contributed by atoms with Gasteiger partial charge in [0.2, 0.25) is 15.9 Å². The van der Waals surface area contributed by atoms with Crippen LogP contribution in [-0.2, 0) is 21.2 Å². The van der Waals surface area contributed by atoms with Crippen molar-refractivity contribution in [1.29, 1.82) is 0 Å². The monoisotopic (exact) mass is 377 g/mol. The highest BCUT2D eigenvalue weighted by Gasteiger charge is 2.58. The van der Waals surface area contributed by atoms with E-state index in [2.05, 4.69) is 10.3 Å². The molecule has 2 heterocycles. The molecule has 1 aromatic rings. The van der Waals surface area contributed by atoms with Crippen molar-refractivity contribution in [3.8, 4) is 0 Å². The van der Waals surface area contributed by atoms with Gasteiger partial charge in [0.1, 0.15) is 0 Å². The van der Waals surface area contributed by atoms with Crippen LogP contribution in [0, 0.1) is 5.41 Å². The molecule has 142 valence electrons. The number of nitrogens with one attached hydrogen (secondary N) is 1. The Kier molecular flexibility index (Phi) is 4.77. The standard InChI is InChI=1S/C19H27N3O3S/c23-18(21-12-8-15-4-3-11-20-14-15)19-9-2-1-5-17(19)22(16-6-7-16)26(24,25)13-10-19/h3-4,11,14,16-17H,1-2,5-10,12-13H2,(H,21,23)/t17-,19-/m1/s1. The van der Waals surface area contributed by atoms with E-state index in [1.807, 2.05) is 18.3 Å². The second-order valence-corrected chi connectivity index (χ2v) is 9.91. The number of nitrogens with zero attached hydrogens (tertiary/aromatic N) is 2. The van der Waals surface area contributed by atoms with Crippen molar-refractivity contribution in [3.05, 3.63) is 30.1 Å². The minimum Gasteiger partial charge on any atom is -0.355 e. The number of pyridine rings is 1. The lowest BCUT2D eigenvalue weighted by molar-refractivity contribution is -0.137. The van der Waals surface area contributed by atoms with E-state index < -0.39 is 15.4 Å². The lowest BCUT2D eigenvalue weighted by Crippen LogP contribution is -2.63. The largest absolute Gasteiger partial charge is 0.355 e. The normalized spacial score (nSPS) is 31.2. The van der Waals surface area contributed by atoms with Gasteiger partial charge in [-0.15, -0.1) is 0 Å². The highest BCUT2D eigenvalue weighted by Crippen LogP contribution is 2.50. The van der Waals surface area contributed by atoms with Crippen LogP contribution in [0.3, 0.4) is 0 Å². The molecule has 4 rings (SSSR count). The molecule has 2 saturated carbocycles. The maximum atomic E-state index is 13.2. The van der Waals surface area contributed by atoms with Crippen molar-refractivity contribution in [3.63, 3.8) is 0 Å². The molecule has 1 aromatic heterocycles. The molecule has 1 aliphatic heterocycles. The summed E-state index contributed by atoms with van der Waals surface area (Å²) in [5.74, 6) is 0.155. The molecular weight excluding hydrogens is 350 g/mol. The van der Waals surface area contributed by atoms with Crippen molar-refractivity contribution < 1.29 is 13.2 Å². The predicted molar refractivity (Wildman–Crippen MR) is 98.9 cm³/mol. The van der Waals surface area contributed by atoms with Gasteiger partial charge in [0.25, 0.3) is 0 Å². The molecule has 2 aliphatic carbocycles. The Balaban J connectivity index is 1.49. The van der Waals surface area contributed by atoms with Crippen LogP contribution in [0.15, 0.2) is 24.5 Å². The summed E-state index contributed by atoms with van der Waals surface area (Å²) < 4.78 is 27.1. The number of amides is 1. The van der Waals surface area contributed by atoms with E-state index in [4.69, 9.17) is 0 Å². The van der Waals surface area contributed by atoms with Gasteiger partial charge in [-0.3, -0.25) is 9.78 Å². The van der Waals surface area contributed by atoms with Crippen molar-refractivity contribution in [2.45, 2.75) is 63.5 Å². The number of rotatable bonds is 5. The first-order valence-electron chi connectivity index (χ1n) is 9.71. The first-order valence-corrected chi connectivity index (χ1v) is 11.3. The van der Waals surface area contributed by atoms with Gasteiger partial charge >= 0.3 is 0 Å². The number of carbonyl (C=O) groups is 1. The lowest BCUT2D eigenvalue weighted by Gasteiger charge is -2.51. The van der Waals surface area contributed by atoms with Gasteiger partial charge in [-0.2, -0.15) is 4.31 Å². The van der Waals surface area contributed by atoms with Gasteiger partial charge < -0.3 is 5.32 Å². The van der Waals surface area contributed by atoms with Crippen LogP contribution in [0.25, 0.3) is 0 Å². The number of sulfonamides is 1. The van der Waals surface area contributed by atoms with Crippen LogP contribution in [-0.4, -0.2) is 48.0 Å². The topological polar surface area (TPSA) is 79.4 Å². The minimum absolute atomic E-state index is 0.0478. The van der Waals surface area contributed by atoms with Gasteiger partial charge in [0, 0.05) is 31.0 Å². The molecule has 1 N–H and O–H groups in total. The maximum Gasteiger partial charge on any atom is 0.227 e. The van der Waals surface area contributed by atoms with Crippen LogP contribution in [0.5, 0.6) is 0 Å². The van der Waals surface area contributed by atoms with Gasteiger partial charge in [-0.1, -0.05) is 18.9 Å². The first-order chi connectivity index (χ1) is 12.5. The third kappa shape index (κ3) is 3.27. The number of fused-ring (bicyclic) bond motifs is 1. The first kappa shape index (κ1) is 17.9. The van der Waals surface area contributed by atoms with Crippen LogP contribution < -0.4 is 5.32 Å². The van der Waals surface area contributed by atoms with E-state index in [1.165, 1.54) is 0 Å². The predicted octanol–water partition coefficient (Wildman–Crippen LogP) is 1.87. The number of hydrogen-bond acceptors (Lipinski definition) is 4. The lowest BCUT2D eigenvalue weighted by atomic mass is 9.67. The summed E-state index contributed by atoms with van der Waals surface area (Å²) in [6, 6.07) is 3.88. The zero-order valence-corrected chi connectivity index (χ0v) is 15.9. The highest BCUT2D eigenvalue weighted by molar-refractivity contribution is 7.89. The van der Waals surface area contributed by atoms with E-state index in [0.29, 0.717) is 13.0 Å². The Labute approximate surface area is 155 Å². The molecule has 26 heavy (non-hydrogen) atoms. The maximum absolute atomic E-state index is 13.2. The smallest absolute Gasteiger partial charge is 0.227 e. The molecule has 0 bridgehead atoms. The van der Waals surface area contributed by atoms with Gasteiger partial charge in [-0.25, -0.2) is 8.42 Å². The Morgan fingerprint density at radius 3 is 2.85 bits per heavy atom. The zero-order valence-electron chi connectivity index (χ0n) is 15.1. The summed E-state index contributed by atoms with van der Waals surface area (Å²) in [7, 11) is -3.22. The Hall–Kier alpha value is -1.47. The van der Waals surface area contributed by atoms with E-state index >= 15 is 0 Å². The average Bonchev–Trinajstić information content (AvgIpc) is 3.46.